The molecule has 0 radical (unpaired) electrons. The van der Waals surface area contributed by atoms with Gasteiger partial charge in [-0.05, 0) is 17.7 Å². The number of aliphatic hydroxyl groups excluding tert-OH is 1. The minimum Gasteiger partial charge on any atom is -0.486 e. The molecule has 0 saturated heterocycles. The van der Waals surface area contributed by atoms with Crippen LogP contribution in [-0.4, -0.2) is 45.9 Å². The van der Waals surface area contributed by atoms with E-state index in [1.165, 1.54) is 6.20 Å². The van der Waals surface area contributed by atoms with Crippen LogP contribution >= 0.6 is 11.6 Å². The van der Waals surface area contributed by atoms with Crippen LogP contribution in [0.15, 0.2) is 24.5 Å². The van der Waals surface area contributed by atoms with E-state index < -0.39 is 12.1 Å². The summed E-state index contributed by atoms with van der Waals surface area (Å²) in [6.45, 7) is 0.991. The molecule has 24 heavy (non-hydrogen) atoms. The second-order valence-electron chi connectivity index (χ2n) is 5.02. The van der Waals surface area contributed by atoms with E-state index in [1.807, 2.05) is 0 Å². The molecule has 2 aromatic rings. The summed E-state index contributed by atoms with van der Waals surface area (Å²) in [5.74, 6) is 0.165. The molecule has 9 heteroatoms. The number of aromatic nitrogens is 2. The first kappa shape index (κ1) is 16.3. The molecule has 1 aliphatic heterocycles. The highest BCUT2D eigenvalue weighted by molar-refractivity contribution is 6.32. The van der Waals surface area contributed by atoms with Gasteiger partial charge in [-0.15, -0.1) is 0 Å². The number of nitrogens with zero attached hydrogens (tertiary/aromatic N) is 2. The highest BCUT2D eigenvalue weighted by Crippen LogP contribution is 2.39. The summed E-state index contributed by atoms with van der Waals surface area (Å²) >= 11 is 6.14. The molecule has 8 nitrogen and oxygen atoms in total. The molecular formula is C15H14ClN3O5. The van der Waals surface area contributed by atoms with Gasteiger partial charge >= 0.3 is 5.97 Å². The Bertz CT molecular complexity index is 754. The normalized spacial score (nSPS) is 14.1. The number of aromatic carboxylic acids is 1. The Hall–Kier alpha value is -2.58. The summed E-state index contributed by atoms with van der Waals surface area (Å²) < 4.78 is 10.9. The fourth-order valence-electron chi connectivity index (χ4n) is 2.17. The zero-order valence-electron chi connectivity index (χ0n) is 12.4. The van der Waals surface area contributed by atoms with Crippen LogP contribution < -0.4 is 14.8 Å². The first-order valence-electron chi connectivity index (χ1n) is 7.11. The second-order valence-corrected chi connectivity index (χ2v) is 5.42. The fourth-order valence-corrected chi connectivity index (χ4v) is 2.45. The van der Waals surface area contributed by atoms with Crippen LogP contribution in [0.3, 0.4) is 0 Å². The maximum Gasteiger partial charge on any atom is 0.356 e. The number of halogens is 1. The largest absolute Gasteiger partial charge is 0.486 e. The lowest BCUT2D eigenvalue weighted by atomic mass is 10.1. The Morgan fingerprint density at radius 2 is 2.08 bits per heavy atom. The van der Waals surface area contributed by atoms with Gasteiger partial charge in [-0.25, -0.2) is 14.8 Å². The number of hydrogen-bond acceptors (Lipinski definition) is 7. The van der Waals surface area contributed by atoms with Gasteiger partial charge in [0.15, 0.2) is 17.2 Å². The van der Waals surface area contributed by atoms with Crippen molar-refractivity contribution >= 4 is 23.4 Å². The molecular weight excluding hydrogens is 338 g/mol. The van der Waals surface area contributed by atoms with Crippen molar-refractivity contribution in [2.24, 2.45) is 0 Å². The lowest BCUT2D eigenvalue weighted by Gasteiger charge is -2.21. The van der Waals surface area contributed by atoms with Gasteiger partial charge in [0.1, 0.15) is 19.0 Å². The number of ether oxygens (including phenoxy) is 2. The van der Waals surface area contributed by atoms with E-state index in [4.69, 9.17) is 26.2 Å². The van der Waals surface area contributed by atoms with Crippen LogP contribution in [0.5, 0.6) is 11.5 Å². The molecule has 0 amide bonds. The molecule has 2 heterocycles. The van der Waals surface area contributed by atoms with Gasteiger partial charge in [0.05, 0.1) is 23.5 Å². The Labute approximate surface area is 142 Å². The van der Waals surface area contributed by atoms with Crippen LogP contribution in [-0.2, 0) is 0 Å². The molecule has 0 bridgehead atoms. The van der Waals surface area contributed by atoms with Crippen molar-refractivity contribution in [1.82, 2.24) is 9.97 Å². The minimum atomic E-state index is -1.15. The molecule has 0 aliphatic carbocycles. The summed E-state index contributed by atoms with van der Waals surface area (Å²) in [5, 5.41) is 22.3. The molecule has 1 aliphatic rings. The monoisotopic (exact) mass is 351 g/mol. The Morgan fingerprint density at radius 3 is 2.79 bits per heavy atom. The Kier molecular flexibility index (Phi) is 4.68. The third-order valence-electron chi connectivity index (χ3n) is 3.35. The second kappa shape index (κ2) is 6.90. The number of fused-ring (bicyclic) bond motifs is 1. The van der Waals surface area contributed by atoms with Crippen molar-refractivity contribution in [1.29, 1.82) is 0 Å². The molecule has 126 valence electrons. The van der Waals surface area contributed by atoms with Gasteiger partial charge in [0, 0.05) is 6.54 Å². The molecule has 0 saturated carbocycles. The van der Waals surface area contributed by atoms with E-state index in [1.54, 1.807) is 12.1 Å². The lowest BCUT2D eigenvalue weighted by Crippen LogP contribution is -2.17. The number of carboxylic acids is 1. The molecule has 0 spiro atoms. The Balaban J connectivity index is 1.67. The van der Waals surface area contributed by atoms with E-state index >= 15 is 0 Å². The number of aliphatic hydroxyl groups is 1. The molecule has 3 N–H and O–H groups in total. The average Bonchev–Trinajstić information content (AvgIpc) is 2.60. The predicted octanol–water partition coefficient (Wildman–Crippen LogP) is 1.74. The van der Waals surface area contributed by atoms with Gasteiger partial charge in [-0.2, -0.15) is 0 Å². The van der Waals surface area contributed by atoms with Gasteiger partial charge in [0.25, 0.3) is 0 Å². The minimum absolute atomic E-state index is 0.136. The molecule has 1 aromatic heterocycles. The summed E-state index contributed by atoms with van der Waals surface area (Å²) in [6, 6.07) is 3.28. The summed E-state index contributed by atoms with van der Waals surface area (Å²) in [7, 11) is 0. The summed E-state index contributed by atoms with van der Waals surface area (Å²) in [5.41, 5.74) is 0.409. The molecule has 1 aromatic carbocycles. The third-order valence-corrected chi connectivity index (χ3v) is 3.63. The number of carboxylic acid groups (broad SMARTS) is 1. The number of anilines is 1. The van der Waals surface area contributed by atoms with Crippen molar-refractivity contribution in [3.8, 4) is 11.5 Å². The van der Waals surface area contributed by atoms with Gasteiger partial charge < -0.3 is 25.0 Å². The first-order chi connectivity index (χ1) is 11.5. The molecule has 3 rings (SSSR count). The van der Waals surface area contributed by atoms with Gasteiger partial charge in [0.2, 0.25) is 0 Å². The number of nitrogens with one attached hydrogen (secondary N) is 1. The lowest BCUT2D eigenvalue weighted by molar-refractivity contribution is 0.0690. The van der Waals surface area contributed by atoms with Crippen molar-refractivity contribution < 1.29 is 24.5 Å². The van der Waals surface area contributed by atoms with Crippen molar-refractivity contribution in [3.05, 3.63) is 40.8 Å². The van der Waals surface area contributed by atoms with Crippen molar-refractivity contribution in [2.75, 3.05) is 25.1 Å². The maximum atomic E-state index is 10.7. The van der Waals surface area contributed by atoms with E-state index in [9.17, 15) is 9.90 Å². The number of rotatable bonds is 5. The van der Waals surface area contributed by atoms with Crippen LogP contribution in [0.25, 0.3) is 0 Å². The van der Waals surface area contributed by atoms with Crippen LogP contribution in [0.4, 0.5) is 5.82 Å². The number of hydrogen-bond donors (Lipinski definition) is 3. The summed E-state index contributed by atoms with van der Waals surface area (Å²) in [4.78, 5) is 18.4. The average molecular weight is 352 g/mol. The van der Waals surface area contributed by atoms with E-state index in [0.717, 1.165) is 6.20 Å². The predicted molar refractivity (Wildman–Crippen MR) is 84.9 cm³/mol. The first-order valence-corrected chi connectivity index (χ1v) is 7.48. The van der Waals surface area contributed by atoms with Crippen LogP contribution in [0, 0.1) is 0 Å². The fraction of sp³-hybridized carbons (Fsp3) is 0.267. The highest BCUT2D eigenvalue weighted by Gasteiger charge is 2.19. The third kappa shape index (κ3) is 3.50. The molecule has 1 unspecified atom stereocenters. The summed E-state index contributed by atoms with van der Waals surface area (Å²) in [6.07, 6.45) is 1.55. The zero-order valence-corrected chi connectivity index (χ0v) is 13.2. The highest BCUT2D eigenvalue weighted by atomic mass is 35.5. The van der Waals surface area contributed by atoms with E-state index in [-0.39, 0.29) is 12.2 Å². The molecule has 1 atom stereocenters. The zero-order chi connectivity index (χ0) is 17.1. The maximum absolute atomic E-state index is 10.7. The van der Waals surface area contributed by atoms with Crippen LogP contribution in [0.2, 0.25) is 5.02 Å². The quantitative estimate of drug-likeness (QED) is 0.746. The number of carbonyl (C=O) groups is 1. The van der Waals surface area contributed by atoms with Crippen molar-refractivity contribution in [2.45, 2.75) is 6.10 Å². The Morgan fingerprint density at radius 1 is 1.29 bits per heavy atom. The molecule has 0 fully saturated rings. The number of benzene rings is 1. The van der Waals surface area contributed by atoms with Crippen LogP contribution in [0.1, 0.15) is 22.2 Å². The SMILES string of the molecule is O=C(O)c1cnc(NCC(O)c2cc(Cl)c3c(c2)OCCO3)cn1. The van der Waals surface area contributed by atoms with Crippen molar-refractivity contribution in [3.63, 3.8) is 0 Å². The van der Waals surface area contributed by atoms with E-state index in [2.05, 4.69) is 15.3 Å². The van der Waals surface area contributed by atoms with Gasteiger partial charge in [-0.1, -0.05) is 11.6 Å². The van der Waals surface area contributed by atoms with Gasteiger partial charge in [-0.3, -0.25) is 0 Å². The van der Waals surface area contributed by atoms with E-state index in [0.29, 0.717) is 41.1 Å². The standard InChI is InChI=1S/C15H14ClN3O5/c16-9-3-8(4-12-14(9)24-2-1-23-12)11(20)6-19-13-7-17-10(5-18-13)15(21)22/h3-5,7,11,20H,1-2,6H2,(H,18,19)(H,21,22). The topological polar surface area (TPSA) is 114 Å². The smallest absolute Gasteiger partial charge is 0.356 e.